The third-order valence-corrected chi connectivity index (χ3v) is 4.50. The molecule has 0 unspecified atom stereocenters. The molecule has 2 atom stereocenters. The van der Waals surface area contributed by atoms with Crippen molar-refractivity contribution in [3.05, 3.63) is 0 Å². The van der Waals surface area contributed by atoms with Gasteiger partial charge < -0.3 is 26.0 Å². The first-order valence-corrected chi connectivity index (χ1v) is 7.55. The van der Waals surface area contributed by atoms with Crippen LogP contribution in [-0.4, -0.2) is 48.3 Å². The van der Waals surface area contributed by atoms with Crippen LogP contribution in [0.4, 0.5) is 17.6 Å². The summed E-state index contributed by atoms with van der Waals surface area (Å²) in [6.45, 7) is 6.72. The molecule has 116 valence electrons. The predicted molar refractivity (Wildman–Crippen MR) is 83.9 cm³/mol. The molecule has 3 heterocycles. The molecule has 1 aromatic rings. The summed E-state index contributed by atoms with van der Waals surface area (Å²) in [5.74, 6) is 2.53. The molecule has 4 N–H and O–H groups in total. The Balaban J connectivity index is 1.93. The maximum Gasteiger partial charge on any atom is 0.224 e. The second-order valence-electron chi connectivity index (χ2n) is 6.13. The van der Waals surface area contributed by atoms with E-state index in [0.29, 0.717) is 18.5 Å². The molecular weight excluding hydrogens is 268 g/mol. The van der Waals surface area contributed by atoms with Gasteiger partial charge in [-0.05, 0) is 26.8 Å². The second-order valence-corrected chi connectivity index (χ2v) is 6.13. The summed E-state index contributed by atoms with van der Waals surface area (Å²) < 4.78 is 5.99. The van der Waals surface area contributed by atoms with Gasteiger partial charge in [0.2, 0.25) is 11.7 Å². The highest BCUT2D eigenvalue weighted by atomic mass is 16.5. The van der Waals surface area contributed by atoms with Gasteiger partial charge >= 0.3 is 0 Å². The Morgan fingerprint density at radius 1 is 1.52 bits per heavy atom. The molecule has 7 heteroatoms. The van der Waals surface area contributed by atoms with Gasteiger partial charge in [-0.25, -0.2) is 0 Å². The van der Waals surface area contributed by atoms with Gasteiger partial charge in [-0.15, -0.1) is 0 Å². The van der Waals surface area contributed by atoms with Crippen LogP contribution in [0.3, 0.4) is 0 Å². The number of hydrogen-bond acceptors (Lipinski definition) is 7. The average molecular weight is 292 g/mol. The van der Waals surface area contributed by atoms with E-state index in [9.17, 15) is 0 Å². The van der Waals surface area contributed by atoms with Crippen LogP contribution in [0.5, 0.6) is 5.75 Å². The lowest BCUT2D eigenvalue weighted by Gasteiger charge is -2.36. The summed E-state index contributed by atoms with van der Waals surface area (Å²) in [6.07, 6.45) is 2.05. The Labute approximate surface area is 125 Å². The van der Waals surface area contributed by atoms with Crippen molar-refractivity contribution in [2.75, 3.05) is 42.7 Å². The van der Waals surface area contributed by atoms with E-state index in [1.165, 1.54) is 0 Å². The number of likely N-dealkylation sites (N-methyl/N-ethyl adjacent to an activating group) is 1. The summed E-state index contributed by atoms with van der Waals surface area (Å²) in [7, 11) is 1.99. The van der Waals surface area contributed by atoms with Crippen LogP contribution in [0.2, 0.25) is 0 Å². The van der Waals surface area contributed by atoms with Gasteiger partial charge in [0.25, 0.3) is 0 Å². The Bertz CT molecular complexity index is 536. The Morgan fingerprint density at radius 3 is 3.00 bits per heavy atom. The highest BCUT2D eigenvalue weighted by molar-refractivity contribution is 5.69. The fraction of sp³-hybridized carbons (Fsp3) is 0.714. The SMILES string of the molecule is CC[C@]1(C)COc2c(nc(N)nc2N2CC[C@@H](NC)C2)N1. The highest BCUT2D eigenvalue weighted by Gasteiger charge is 2.34. The first kappa shape index (κ1) is 14.2. The van der Waals surface area contributed by atoms with E-state index >= 15 is 0 Å². The number of hydrogen-bond donors (Lipinski definition) is 3. The molecule has 7 nitrogen and oxygen atoms in total. The van der Waals surface area contributed by atoms with E-state index < -0.39 is 0 Å². The summed E-state index contributed by atoms with van der Waals surface area (Å²) in [5.41, 5.74) is 5.78. The number of anilines is 3. The standard InChI is InChI=1S/C14H24N6O/c1-4-14(2)8-21-10-11(19-14)17-13(15)18-12(10)20-6-5-9(7-20)16-3/h9,16H,4-8H2,1-3H3,(H3,15,17,18,19)/t9-,14-/m1/s1. The minimum absolute atomic E-state index is 0.108. The molecule has 1 saturated heterocycles. The molecule has 3 rings (SSSR count). The molecule has 0 amide bonds. The van der Waals surface area contributed by atoms with Crippen molar-refractivity contribution < 1.29 is 4.74 Å². The topological polar surface area (TPSA) is 88.3 Å². The van der Waals surface area contributed by atoms with Gasteiger partial charge in [0, 0.05) is 19.1 Å². The molecule has 2 aliphatic rings. The summed E-state index contributed by atoms with van der Waals surface area (Å²) in [5, 5.41) is 6.76. The van der Waals surface area contributed by atoms with E-state index in [4.69, 9.17) is 10.5 Å². The van der Waals surface area contributed by atoms with Crippen LogP contribution in [0.15, 0.2) is 0 Å². The smallest absolute Gasteiger partial charge is 0.224 e. The highest BCUT2D eigenvalue weighted by Crippen LogP contribution is 2.40. The third-order valence-electron chi connectivity index (χ3n) is 4.50. The molecule has 0 radical (unpaired) electrons. The van der Waals surface area contributed by atoms with E-state index in [1.807, 2.05) is 7.05 Å². The second kappa shape index (κ2) is 5.22. The van der Waals surface area contributed by atoms with E-state index in [-0.39, 0.29) is 11.5 Å². The quantitative estimate of drug-likeness (QED) is 0.760. The zero-order valence-corrected chi connectivity index (χ0v) is 12.9. The minimum Gasteiger partial charge on any atom is -0.484 e. The lowest BCUT2D eigenvalue weighted by Crippen LogP contribution is -2.44. The van der Waals surface area contributed by atoms with E-state index in [1.54, 1.807) is 0 Å². The van der Waals surface area contributed by atoms with Crippen LogP contribution in [-0.2, 0) is 0 Å². The first-order valence-electron chi connectivity index (χ1n) is 7.55. The average Bonchev–Trinajstić information content (AvgIpc) is 2.94. The van der Waals surface area contributed by atoms with Crippen molar-refractivity contribution in [2.24, 2.45) is 0 Å². The lowest BCUT2D eigenvalue weighted by molar-refractivity contribution is 0.224. The fourth-order valence-corrected chi connectivity index (χ4v) is 2.82. The maximum absolute atomic E-state index is 5.99. The number of nitrogens with zero attached hydrogens (tertiary/aromatic N) is 3. The van der Waals surface area contributed by atoms with Crippen LogP contribution in [0, 0.1) is 0 Å². The monoisotopic (exact) mass is 292 g/mol. The number of fused-ring (bicyclic) bond motifs is 1. The van der Waals surface area contributed by atoms with Gasteiger partial charge in [0.1, 0.15) is 6.61 Å². The minimum atomic E-state index is -0.108. The molecule has 0 bridgehead atoms. The van der Waals surface area contributed by atoms with Crippen molar-refractivity contribution in [2.45, 2.75) is 38.3 Å². The van der Waals surface area contributed by atoms with Crippen molar-refractivity contribution in [3.63, 3.8) is 0 Å². The Kier molecular flexibility index (Phi) is 3.52. The normalized spacial score (nSPS) is 28.0. The summed E-state index contributed by atoms with van der Waals surface area (Å²) >= 11 is 0. The van der Waals surface area contributed by atoms with Crippen LogP contribution >= 0.6 is 0 Å². The molecule has 0 saturated carbocycles. The van der Waals surface area contributed by atoms with Gasteiger partial charge in [0.15, 0.2) is 11.6 Å². The van der Waals surface area contributed by atoms with Crippen molar-refractivity contribution >= 4 is 17.6 Å². The van der Waals surface area contributed by atoms with E-state index in [0.717, 1.165) is 37.5 Å². The molecular formula is C14H24N6O. The summed E-state index contributed by atoms with van der Waals surface area (Å²) in [6, 6.07) is 0.481. The van der Waals surface area contributed by atoms with Gasteiger partial charge in [-0.3, -0.25) is 0 Å². The zero-order valence-electron chi connectivity index (χ0n) is 12.9. The third kappa shape index (κ3) is 2.57. The molecule has 21 heavy (non-hydrogen) atoms. The molecule has 1 fully saturated rings. The zero-order chi connectivity index (χ0) is 15.0. The number of rotatable bonds is 3. The largest absolute Gasteiger partial charge is 0.484 e. The molecule has 0 aliphatic carbocycles. The maximum atomic E-state index is 5.99. The number of nitrogens with two attached hydrogens (primary N) is 1. The molecule has 0 spiro atoms. The number of nitrogens with one attached hydrogen (secondary N) is 2. The predicted octanol–water partition coefficient (Wildman–Crippen LogP) is 0.830. The first-order chi connectivity index (χ1) is 10.0. The Hall–Kier alpha value is -1.76. The van der Waals surface area contributed by atoms with Crippen LogP contribution in [0.1, 0.15) is 26.7 Å². The van der Waals surface area contributed by atoms with Crippen molar-refractivity contribution in [3.8, 4) is 5.75 Å². The number of aromatic nitrogens is 2. The van der Waals surface area contributed by atoms with Crippen molar-refractivity contribution in [1.82, 2.24) is 15.3 Å². The van der Waals surface area contributed by atoms with Crippen LogP contribution in [0.25, 0.3) is 0 Å². The molecule has 0 aromatic carbocycles. The van der Waals surface area contributed by atoms with Crippen LogP contribution < -0.4 is 26.0 Å². The van der Waals surface area contributed by atoms with Gasteiger partial charge in [-0.2, -0.15) is 9.97 Å². The van der Waals surface area contributed by atoms with E-state index in [2.05, 4.69) is 39.3 Å². The summed E-state index contributed by atoms with van der Waals surface area (Å²) in [4.78, 5) is 10.9. The molecule has 1 aromatic heterocycles. The van der Waals surface area contributed by atoms with Gasteiger partial charge in [0.05, 0.1) is 5.54 Å². The fourth-order valence-electron chi connectivity index (χ4n) is 2.82. The lowest BCUT2D eigenvalue weighted by atomic mass is 9.99. The number of ether oxygens (including phenoxy) is 1. The Morgan fingerprint density at radius 2 is 2.33 bits per heavy atom. The van der Waals surface area contributed by atoms with Crippen molar-refractivity contribution in [1.29, 1.82) is 0 Å². The number of nitrogen functional groups attached to an aromatic ring is 1. The van der Waals surface area contributed by atoms with Gasteiger partial charge in [-0.1, -0.05) is 6.92 Å². The molecule has 2 aliphatic heterocycles.